The molecule has 6 nitrogen and oxygen atoms in total. The number of piperidine rings is 1. The lowest BCUT2D eigenvalue weighted by Gasteiger charge is -2.32. The van der Waals surface area contributed by atoms with Crippen LogP contribution >= 0.6 is 0 Å². The number of amides is 1. The molecule has 152 valence electrons. The lowest BCUT2D eigenvalue weighted by molar-refractivity contribution is 0.0676. The first-order valence-corrected chi connectivity index (χ1v) is 10.3. The lowest BCUT2D eigenvalue weighted by atomic mass is 9.95. The summed E-state index contributed by atoms with van der Waals surface area (Å²) in [6.07, 6.45) is 1.42. The second-order valence-electron chi connectivity index (χ2n) is 8.50. The average molecular weight is 386 g/mol. The molecule has 0 unspecified atom stereocenters. The van der Waals surface area contributed by atoms with Gasteiger partial charge in [-0.25, -0.2) is 0 Å². The van der Waals surface area contributed by atoms with Gasteiger partial charge in [0.1, 0.15) is 5.58 Å². The summed E-state index contributed by atoms with van der Waals surface area (Å²) < 4.78 is 5.93. The number of likely N-dealkylation sites (tertiary alicyclic amines) is 2. The molecular weight excluding hydrogens is 356 g/mol. The molecule has 4 rings (SSSR count). The molecule has 2 aliphatic rings. The predicted molar refractivity (Wildman–Crippen MR) is 107 cm³/mol. The molecule has 0 radical (unpaired) electrons. The van der Waals surface area contributed by atoms with Gasteiger partial charge in [0.25, 0.3) is 5.91 Å². The molecule has 2 aromatic rings. The van der Waals surface area contributed by atoms with E-state index in [0.717, 1.165) is 54.6 Å². The van der Waals surface area contributed by atoms with E-state index < -0.39 is 0 Å². The molecule has 2 atom stereocenters. The van der Waals surface area contributed by atoms with Crippen LogP contribution in [0.1, 0.15) is 34.5 Å². The van der Waals surface area contributed by atoms with Gasteiger partial charge in [0.15, 0.2) is 5.76 Å². The van der Waals surface area contributed by atoms with E-state index >= 15 is 0 Å². The van der Waals surface area contributed by atoms with Gasteiger partial charge in [0.05, 0.1) is 6.10 Å². The van der Waals surface area contributed by atoms with Gasteiger partial charge in [-0.05, 0) is 44.2 Å². The van der Waals surface area contributed by atoms with Crippen LogP contribution in [0.2, 0.25) is 0 Å². The molecule has 2 saturated heterocycles. The topological polar surface area (TPSA) is 77.2 Å². The normalized spacial score (nSPS) is 24.4. The molecular formula is C22H30N2O4. The van der Waals surface area contributed by atoms with E-state index in [9.17, 15) is 15.0 Å². The fourth-order valence-electron chi connectivity index (χ4n) is 4.63. The van der Waals surface area contributed by atoms with Crippen LogP contribution in [0.25, 0.3) is 11.0 Å². The van der Waals surface area contributed by atoms with Crippen molar-refractivity contribution in [1.82, 2.24) is 9.80 Å². The van der Waals surface area contributed by atoms with Gasteiger partial charge in [-0.15, -0.1) is 0 Å². The van der Waals surface area contributed by atoms with Crippen LogP contribution in [-0.4, -0.2) is 71.4 Å². The highest BCUT2D eigenvalue weighted by molar-refractivity contribution is 5.99. The zero-order valence-corrected chi connectivity index (χ0v) is 16.7. The number of carbonyl (C=O) groups is 1. The first-order valence-electron chi connectivity index (χ1n) is 10.3. The van der Waals surface area contributed by atoms with E-state index in [1.165, 1.54) is 0 Å². The van der Waals surface area contributed by atoms with Gasteiger partial charge in [-0.3, -0.25) is 4.79 Å². The Morgan fingerprint density at radius 3 is 2.61 bits per heavy atom. The van der Waals surface area contributed by atoms with Crippen LogP contribution in [-0.2, 0) is 0 Å². The molecule has 2 N–H and O–H groups in total. The highest BCUT2D eigenvalue weighted by Crippen LogP contribution is 2.31. The Balaban J connectivity index is 1.48. The molecule has 2 fully saturated rings. The number of aliphatic hydroxyl groups is 2. The summed E-state index contributed by atoms with van der Waals surface area (Å²) in [6, 6.07) is 6.00. The van der Waals surface area contributed by atoms with Crippen molar-refractivity contribution in [3.05, 3.63) is 35.1 Å². The quantitative estimate of drug-likeness (QED) is 0.842. The molecule has 1 aromatic carbocycles. The third-order valence-electron chi connectivity index (χ3n) is 6.44. The Morgan fingerprint density at radius 1 is 1.18 bits per heavy atom. The number of benzene rings is 1. The number of aliphatic hydroxyl groups excluding tert-OH is 2. The highest BCUT2D eigenvalue weighted by Gasteiger charge is 2.38. The zero-order valence-electron chi connectivity index (χ0n) is 16.7. The van der Waals surface area contributed by atoms with Crippen molar-refractivity contribution in [3.63, 3.8) is 0 Å². The molecule has 0 spiro atoms. The first kappa shape index (κ1) is 19.4. The van der Waals surface area contributed by atoms with Crippen LogP contribution in [0.15, 0.2) is 22.6 Å². The minimum absolute atomic E-state index is 0.0821. The molecule has 3 heterocycles. The summed E-state index contributed by atoms with van der Waals surface area (Å²) in [5, 5.41) is 20.5. The fraction of sp³-hybridized carbons (Fsp3) is 0.591. The van der Waals surface area contributed by atoms with Crippen LogP contribution in [0, 0.1) is 25.7 Å². The molecule has 0 bridgehead atoms. The Hall–Kier alpha value is -1.89. The standard InChI is InChI=1S/C22H30N2O4/c1-14-3-4-19-15(2)21(28-20(19)9-14)22(27)24-11-16(17(12-24)13-25)10-23-7-5-18(26)6-8-23/h3-4,9,16-18,25-26H,5-8,10-13H2,1-2H3/t16-,17-/m0/s1. The van der Waals surface area contributed by atoms with E-state index in [1.54, 1.807) is 0 Å². The molecule has 6 heteroatoms. The molecule has 1 aromatic heterocycles. The predicted octanol–water partition coefficient (Wildman–Crippen LogP) is 2.19. The maximum atomic E-state index is 13.2. The maximum absolute atomic E-state index is 13.2. The van der Waals surface area contributed by atoms with E-state index in [-0.39, 0.29) is 30.5 Å². The molecule has 0 aliphatic carbocycles. The van der Waals surface area contributed by atoms with Crippen LogP contribution in [0.3, 0.4) is 0 Å². The average Bonchev–Trinajstić information content (AvgIpc) is 3.24. The Labute approximate surface area is 165 Å². The Kier molecular flexibility index (Phi) is 5.45. The van der Waals surface area contributed by atoms with Crippen molar-refractivity contribution in [3.8, 4) is 0 Å². The molecule has 2 aliphatic heterocycles. The van der Waals surface area contributed by atoms with E-state index in [2.05, 4.69) is 4.90 Å². The van der Waals surface area contributed by atoms with Crippen molar-refractivity contribution in [1.29, 1.82) is 0 Å². The van der Waals surface area contributed by atoms with Crippen LogP contribution < -0.4 is 0 Å². The summed E-state index contributed by atoms with van der Waals surface area (Å²) in [5.74, 6) is 0.666. The van der Waals surface area contributed by atoms with Gasteiger partial charge >= 0.3 is 0 Å². The Morgan fingerprint density at radius 2 is 1.89 bits per heavy atom. The number of fused-ring (bicyclic) bond motifs is 1. The van der Waals surface area contributed by atoms with E-state index in [1.807, 2.05) is 36.9 Å². The monoisotopic (exact) mass is 386 g/mol. The maximum Gasteiger partial charge on any atom is 0.289 e. The number of nitrogens with zero attached hydrogens (tertiary/aromatic N) is 2. The van der Waals surface area contributed by atoms with Crippen molar-refractivity contribution >= 4 is 16.9 Å². The van der Waals surface area contributed by atoms with Crippen LogP contribution in [0.5, 0.6) is 0 Å². The summed E-state index contributed by atoms with van der Waals surface area (Å²) in [4.78, 5) is 17.4. The summed E-state index contributed by atoms with van der Waals surface area (Å²) in [6.45, 7) is 7.85. The Bertz CT molecular complexity index is 854. The van der Waals surface area contributed by atoms with E-state index in [0.29, 0.717) is 18.8 Å². The minimum atomic E-state index is -0.189. The van der Waals surface area contributed by atoms with Crippen molar-refractivity contribution < 1.29 is 19.4 Å². The van der Waals surface area contributed by atoms with Crippen LogP contribution in [0.4, 0.5) is 0 Å². The second-order valence-corrected chi connectivity index (χ2v) is 8.50. The van der Waals surface area contributed by atoms with Gasteiger partial charge < -0.3 is 24.4 Å². The lowest BCUT2D eigenvalue weighted by Crippen LogP contribution is -2.40. The molecule has 0 saturated carbocycles. The third kappa shape index (κ3) is 3.69. The number of hydrogen-bond acceptors (Lipinski definition) is 5. The SMILES string of the molecule is Cc1ccc2c(C)c(C(=O)N3C[C@@H](CO)[C@@H](CN4CCC(O)CC4)C3)oc2c1. The van der Waals surface area contributed by atoms with Crippen molar-refractivity contribution in [2.24, 2.45) is 11.8 Å². The van der Waals surface area contributed by atoms with Gasteiger partial charge in [-0.2, -0.15) is 0 Å². The molecule has 28 heavy (non-hydrogen) atoms. The summed E-state index contributed by atoms with van der Waals surface area (Å²) in [7, 11) is 0. The number of furan rings is 1. The highest BCUT2D eigenvalue weighted by atomic mass is 16.3. The van der Waals surface area contributed by atoms with Gasteiger partial charge in [-0.1, -0.05) is 12.1 Å². The van der Waals surface area contributed by atoms with Crippen molar-refractivity contribution in [2.75, 3.05) is 39.3 Å². The number of rotatable bonds is 4. The summed E-state index contributed by atoms with van der Waals surface area (Å²) in [5.41, 5.74) is 2.74. The smallest absolute Gasteiger partial charge is 0.289 e. The number of carbonyl (C=O) groups excluding carboxylic acids is 1. The molecule has 1 amide bonds. The largest absolute Gasteiger partial charge is 0.451 e. The van der Waals surface area contributed by atoms with Crippen molar-refractivity contribution in [2.45, 2.75) is 32.8 Å². The zero-order chi connectivity index (χ0) is 19.8. The summed E-state index contributed by atoms with van der Waals surface area (Å²) >= 11 is 0. The third-order valence-corrected chi connectivity index (χ3v) is 6.44. The number of hydrogen-bond donors (Lipinski definition) is 2. The number of aryl methyl sites for hydroxylation is 2. The van der Waals surface area contributed by atoms with Gasteiger partial charge in [0.2, 0.25) is 0 Å². The van der Waals surface area contributed by atoms with E-state index in [4.69, 9.17) is 4.42 Å². The minimum Gasteiger partial charge on any atom is -0.451 e. The first-order chi connectivity index (χ1) is 13.5. The fourth-order valence-corrected chi connectivity index (χ4v) is 4.63. The van der Waals surface area contributed by atoms with Gasteiger partial charge in [0, 0.05) is 56.2 Å². The second kappa shape index (κ2) is 7.85.